The standard InChI is InChI=1S/C25H33N3/c1-6-12-19(4)17-23(22(7-2)8-3)27-25-18-20(5)26-24(28-25)16-15-21-13-10-9-11-14-21/h9-11,13-18,22H,6-8,12H2,1-5H3/b16-15+,19-17-,27-23?. The summed E-state index contributed by atoms with van der Waals surface area (Å²) in [5, 5.41) is 0. The SMILES string of the molecule is CCC/C(C)=C\C(=Nc1cc(C)nc(/C=C/c2ccccc2)n1)C(CC)CC. The van der Waals surface area contributed by atoms with Crippen LogP contribution in [-0.2, 0) is 0 Å². The molecular weight excluding hydrogens is 342 g/mol. The maximum atomic E-state index is 4.95. The van der Waals surface area contributed by atoms with Gasteiger partial charge in [0.1, 0.15) is 0 Å². The van der Waals surface area contributed by atoms with Gasteiger partial charge in [0, 0.05) is 23.4 Å². The van der Waals surface area contributed by atoms with E-state index in [2.05, 4.69) is 55.9 Å². The molecule has 2 rings (SSSR count). The number of rotatable bonds is 9. The monoisotopic (exact) mass is 375 g/mol. The van der Waals surface area contributed by atoms with Crippen molar-refractivity contribution in [3.63, 3.8) is 0 Å². The van der Waals surface area contributed by atoms with Crippen molar-refractivity contribution < 1.29 is 0 Å². The number of hydrogen-bond acceptors (Lipinski definition) is 3. The Kier molecular flexibility index (Phi) is 8.80. The molecule has 0 N–H and O–H groups in total. The van der Waals surface area contributed by atoms with Crippen LogP contribution >= 0.6 is 0 Å². The fraction of sp³-hybridized carbons (Fsp3) is 0.400. The molecule has 0 atom stereocenters. The molecule has 1 heterocycles. The van der Waals surface area contributed by atoms with Gasteiger partial charge in [-0.3, -0.25) is 0 Å². The van der Waals surface area contributed by atoms with Crippen LogP contribution in [0.15, 0.2) is 53.0 Å². The van der Waals surface area contributed by atoms with Crippen molar-refractivity contribution in [1.82, 2.24) is 9.97 Å². The maximum Gasteiger partial charge on any atom is 0.156 e. The van der Waals surface area contributed by atoms with Gasteiger partial charge in [0.25, 0.3) is 0 Å². The number of allylic oxidation sites excluding steroid dienone is 2. The topological polar surface area (TPSA) is 38.1 Å². The molecule has 2 aromatic rings. The molecule has 0 fully saturated rings. The van der Waals surface area contributed by atoms with Crippen molar-refractivity contribution in [2.45, 2.75) is 60.3 Å². The fourth-order valence-electron chi connectivity index (χ4n) is 3.24. The van der Waals surface area contributed by atoms with E-state index in [-0.39, 0.29) is 0 Å². The minimum atomic E-state index is 0.449. The van der Waals surface area contributed by atoms with E-state index in [9.17, 15) is 0 Å². The summed E-state index contributed by atoms with van der Waals surface area (Å²) in [5.74, 6) is 1.88. The minimum absolute atomic E-state index is 0.449. The van der Waals surface area contributed by atoms with E-state index < -0.39 is 0 Å². The van der Waals surface area contributed by atoms with Crippen molar-refractivity contribution in [3.05, 3.63) is 65.1 Å². The largest absolute Gasteiger partial charge is 0.234 e. The summed E-state index contributed by atoms with van der Waals surface area (Å²) >= 11 is 0. The number of aliphatic imine (C=N–C) groups is 1. The molecule has 3 heteroatoms. The summed E-state index contributed by atoms with van der Waals surface area (Å²) in [4.78, 5) is 14.2. The molecule has 0 saturated heterocycles. The van der Waals surface area contributed by atoms with Gasteiger partial charge < -0.3 is 0 Å². The summed E-state index contributed by atoms with van der Waals surface area (Å²) in [6.07, 6.45) is 10.7. The summed E-state index contributed by atoms with van der Waals surface area (Å²) in [6, 6.07) is 12.2. The van der Waals surface area contributed by atoms with Gasteiger partial charge in [-0.15, -0.1) is 0 Å². The Morgan fingerprint density at radius 1 is 1.04 bits per heavy atom. The normalized spacial score (nSPS) is 12.9. The van der Waals surface area contributed by atoms with Gasteiger partial charge in [-0.05, 0) is 50.8 Å². The van der Waals surface area contributed by atoms with E-state index >= 15 is 0 Å². The van der Waals surface area contributed by atoms with Crippen LogP contribution in [0, 0.1) is 12.8 Å². The first-order valence-electron chi connectivity index (χ1n) is 10.4. The lowest BCUT2D eigenvalue weighted by Crippen LogP contribution is -2.11. The number of hydrogen-bond donors (Lipinski definition) is 0. The molecular formula is C25H33N3. The molecule has 0 aliphatic heterocycles. The Hall–Kier alpha value is -2.55. The minimum Gasteiger partial charge on any atom is -0.234 e. The Balaban J connectivity index is 2.38. The molecule has 1 aromatic carbocycles. The zero-order chi connectivity index (χ0) is 20.4. The second-order valence-corrected chi connectivity index (χ2v) is 7.26. The third-order valence-electron chi connectivity index (χ3n) is 4.77. The highest BCUT2D eigenvalue weighted by molar-refractivity contribution is 5.98. The van der Waals surface area contributed by atoms with Crippen LogP contribution in [0.4, 0.5) is 5.82 Å². The lowest BCUT2D eigenvalue weighted by atomic mass is 9.95. The van der Waals surface area contributed by atoms with Crippen LogP contribution in [0.3, 0.4) is 0 Å². The molecule has 0 saturated carbocycles. The number of aromatic nitrogens is 2. The van der Waals surface area contributed by atoms with Crippen molar-refractivity contribution in [1.29, 1.82) is 0 Å². The molecule has 148 valence electrons. The van der Waals surface area contributed by atoms with Gasteiger partial charge in [-0.25, -0.2) is 15.0 Å². The Morgan fingerprint density at radius 2 is 1.75 bits per heavy atom. The second-order valence-electron chi connectivity index (χ2n) is 7.26. The predicted molar refractivity (Wildman–Crippen MR) is 122 cm³/mol. The maximum absolute atomic E-state index is 4.95. The fourth-order valence-corrected chi connectivity index (χ4v) is 3.24. The highest BCUT2D eigenvalue weighted by Gasteiger charge is 2.11. The molecule has 0 spiro atoms. The first kappa shape index (κ1) is 21.7. The molecule has 3 nitrogen and oxygen atoms in total. The first-order chi connectivity index (χ1) is 13.5. The van der Waals surface area contributed by atoms with Crippen LogP contribution in [0.1, 0.15) is 70.5 Å². The third-order valence-corrected chi connectivity index (χ3v) is 4.77. The summed E-state index contributed by atoms with van der Waals surface area (Å²) < 4.78 is 0. The number of benzene rings is 1. The van der Waals surface area contributed by atoms with E-state index in [1.54, 1.807) is 0 Å². The summed E-state index contributed by atoms with van der Waals surface area (Å²) in [5.41, 5.74) is 4.57. The van der Waals surface area contributed by atoms with Crippen molar-refractivity contribution in [2.24, 2.45) is 10.9 Å². The van der Waals surface area contributed by atoms with Crippen molar-refractivity contribution >= 4 is 23.7 Å². The van der Waals surface area contributed by atoms with Crippen LogP contribution in [-0.4, -0.2) is 15.7 Å². The zero-order valence-electron chi connectivity index (χ0n) is 17.9. The van der Waals surface area contributed by atoms with Gasteiger partial charge in [0.2, 0.25) is 0 Å². The van der Waals surface area contributed by atoms with E-state index in [0.29, 0.717) is 11.7 Å². The highest BCUT2D eigenvalue weighted by Crippen LogP contribution is 2.20. The third kappa shape index (κ3) is 6.88. The van der Waals surface area contributed by atoms with Crippen molar-refractivity contribution in [2.75, 3.05) is 0 Å². The molecule has 0 radical (unpaired) electrons. The molecule has 28 heavy (non-hydrogen) atoms. The van der Waals surface area contributed by atoms with E-state index in [1.807, 2.05) is 43.3 Å². The lowest BCUT2D eigenvalue weighted by molar-refractivity contribution is 0.644. The Labute approximate surface area is 170 Å². The van der Waals surface area contributed by atoms with Crippen LogP contribution in [0.5, 0.6) is 0 Å². The average Bonchev–Trinajstić information content (AvgIpc) is 2.68. The highest BCUT2D eigenvalue weighted by atomic mass is 15.0. The molecule has 0 aliphatic rings. The van der Waals surface area contributed by atoms with Gasteiger partial charge in [0.05, 0.1) is 0 Å². The molecule has 0 bridgehead atoms. The van der Waals surface area contributed by atoms with Crippen LogP contribution < -0.4 is 0 Å². The zero-order valence-corrected chi connectivity index (χ0v) is 17.9. The number of aryl methyl sites for hydroxylation is 1. The molecule has 0 aliphatic carbocycles. The summed E-state index contributed by atoms with van der Waals surface area (Å²) in [7, 11) is 0. The molecule has 0 unspecified atom stereocenters. The lowest BCUT2D eigenvalue weighted by Gasteiger charge is -2.14. The average molecular weight is 376 g/mol. The van der Waals surface area contributed by atoms with Gasteiger partial charge in [0.15, 0.2) is 11.6 Å². The number of nitrogens with zero attached hydrogens (tertiary/aromatic N) is 3. The van der Waals surface area contributed by atoms with Gasteiger partial charge in [-0.1, -0.05) is 69.2 Å². The van der Waals surface area contributed by atoms with Gasteiger partial charge in [-0.2, -0.15) is 0 Å². The van der Waals surface area contributed by atoms with Crippen molar-refractivity contribution in [3.8, 4) is 0 Å². The smallest absolute Gasteiger partial charge is 0.156 e. The van der Waals surface area contributed by atoms with E-state index in [0.717, 1.165) is 48.5 Å². The molecule has 1 aromatic heterocycles. The summed E-state index contributed by atoms with van der Waals surface area (Å²) in [6.45, 7) is 10.9. The quantitative estimate of drug-likeness (QED) is 0.434. The van der Waals surface area contributed by atoms with E-state index in [1.165, 1.54) is 5.57 Å². The van der Waals surface area contributed by atoms with Gasteiger partial charge >= 0.3 is 0 Å². The Morgan fingerprint density at radius 3 is 2.39 bits per heavy atom. The predicted octanol–water partition coefficient (Wildman–Crippen LogP) is 7.21. The Bertz CT molecular complexity index is 828. The molecule has 0 amide bonds. The second kappa shape index (κ2) is 11.3. The van der Waals surface area contributed by atoms with E-state index in [4.69, 9.17) is 4.99 Å². The van der Waals surface area contributed by atoms with Crippen LogP contribution in [0.25, 0.3) is 12.2 Å². The van der Waals surface area contributed by atoms with Crippen LogP contribution in [0.2, 0.25) is 0 Å². The first-order valence-corrected chi connectivity index (χ1v) is 10.4.